The Kier molecular flexibility index (Phi) is 4.85. The van der Waals surface area contributed by atoms with E-state index in [0.29, 0.717) is 6.61 Å². The van der Waals surface area contributed by atoms with Crippen molar-refractivity contribution in [1.82, 2.24) is 0 Å². The molecule has 0 N–H and O–H groups in total. The Hall–Kier alpha value is -0.910. The Bertz CT molecular complexity index is 731. The van der Waals surface area contributed by atoms with Crippen LogP contribution < -0.4 is 0 Å². The van der Waals surface area contributed by atoms with Gasteiger partial charge in [-0.3, -0.25) is 4.79 Å². The molecule has 2 nitrogen and oxygen atoms in total. The van der Waals surface area contributed by atoms with Gasteiger partial charge < -0.3 is 4.74 Å². The smallest absolute Gasteiger partial charge is 0.302 e. The molecule has 0 bridgehead atoms. The molecule has 0 radical (unpaired) electrons. The average molecular weight is 395 g/mol. The third-order valence-electron chi connectivity index (χ3n) is 3.42. The van der Waals surface area contributed by atoms with Crippen molar-refractivity contribution in [1.29, 1.82) is 0 Å². The van der Waals surface area contributed by atoms with Gasteiger partial charge in [0.25, 0.3) is 0 Å². The number of fused-ring (bicyclic) bond motifs is 2. The van der Waals surface area contributed by atoms with Crippen LogP contribution in [0.2, 0.25) is 0 Å². The lowest BCUT2D eigenvalue weighted by Crippen LogP contribution is -2.08. The molecule has 22 heavy (non-hydrogen) atoms. The molecule has 1 heterocycles. The molecule has 2 aromatic carbocycles. The van der Waals surface area contributed by atoms with Crippen LogP contribution in [0.4, 0.5) is 0 Å². The van der Waals surface area contributed by atoms with E-state index in [1.165, 1.54) is 32.1 Å². The van der Waals surface area contributed by atoms with Crippen molar-refractivity contribution in [3.05, 3.63) is 46.4 Å². The summed E-state index contributed by atoms with van der Waals surface area (Å²) in [5.74, 6) is -0.0303. The Balaban J connectivity index is 1.83. The second kappa shape index (κ2) is 6.69. The maximum Gasteiger partial charge on any atom is 0.302 e. The van der Waals surface area contributed by atoms with E-state index in [2.05, 4.69) is 59.3 Å². The third kappa shape index (κ3) is 3.53. The number of ether oxygens (including phenoxy) is 1. The van der Waals surface area contributed by atoms with Crippen molar-refractivity contribution in [2.45, 2.75) is 39.3 Å². The fourth-order valence-electron chi connectivity index (χ4n) is 2.22. The van der Waals surface area contributed by atoms with Crippen LogP contribution in [0, 0.1) is 0 Å². The summed E-state index contributed by atoms with van der Waals surface area (Å²) in [5.41, 5.74) is 1.20. The standard InChI is InChI=1S/C17H15BrO2S2/c1-10(9-20-11(2)19)12-3-5-14-16(7-12)22-17-8-13(18)4-6-15(17)21-14/h3-8,10H,9H2,1-2H3. The summed E-state index contributed by atoms with van der Waals surface area (Å²) in [6, 6.07) is 12.9. The van der Waals surface area contributed by atoms with E-state index >= 15 is 0 Å². The number of carbonyl (C=O) groups is 1. The zero-order valence-electron chi connectivity index (χ0n) is 12.3. The van der Waals surface area contributed by atoms with E-state index < -0.39 is 0 Å². The lowest BCUT2D eigenvalue weighted by Gasteiger charge is -2.20. The van der Waals surface area contributed by atoms with Crippen LogP contribution in [-0.2, 0) is 9.53 Å². The SMILES string of the molecule is CC(=O)OCC(C)c1ccc2c(c1)Sc1cc(Br)ccc1S2. The van der Waals surface area contributed by atoms with Gasteiger partial charge in [-0.2, -0.15) is 0 Å². The molecule has 0 aliphatic carbocycles. The molecule has 0 saturated heterocycles. The first-order valence-electron chi connectivity index (χ1n) is 6.95. The van der Waals surface area contributed by atoms with E-state index in [4.69, 9.17) is 4.74 Å². The summed E-state index contributed by atoms with van der Waals surface area (Å²) >= 11 is 7.13. The highest BCUT2D eigenvalue weighted by molar-refractivity contribution is 9.10. The molecule has 3 rings (SSSR count). The summed E-state index contributed by atoms with van der Waals surface area (Å²) in [4.78, 5) is 16.1. The summed E-state index contributed by atoms with van der Waals surface area (Å²) in [6.45, 7) is 3.95. The predicted molar refractivity (Wildman–Crippen MR) is 93.9 cm³/mol. The second-order valence-electron chi connectivity index (χ2n) is 5.20. The second-order valence-corrected chi connectivity index (χ2v) is 8.29. The van der Waals surface area contributed by atoms with Crippen molar-refractivity contribution < 1.29 is 9.53 Å². The quantitative estimate of drug-likeness (QED) is 0.529. The highest BCUT2D eigenvalue weighted by Gasteiger charge is 2.19. The molecule has 2 aromatic rings. The van der Waals surface area contributed by atoms with Crippen molar-refractivity contribution in [2.75, 3.05) is 6.61 Å². The van der Waals surface area contributed by atoms with Crippen LogP contribution in [0.15, 0.2) is 60.5 Å². The fourth-order valence-corrected chi connectivity index (χ4v) is 5.01. The van der Waals surface area contributed by atoms with Gasteiger partial charge in [-0.1, -0.05) is 52.4 Å². The van der Waals surface area contributed by atoms with E-state index in [0.717, 1.165) is 4.47 Å². The maximum absolute atomic E-state index is 10.9. The number of halogens is 1. The molecule has 0 amide bonds. The van der Waals surface area contributed by atoms with Crippen LogP contribution in [0.25, 0.3) is 0 Å². The molecule has 0 saturated carbocycles. The molecule has 1 atom stereocenters. The lowest BCUT2D eigenvalue weighted by molar-refractivity contribution is -0.141. The summed E-state index contributed by atoms with van der Waals surface area (Å²) in [7, 11) is 0. The molecule has 1 aliphatic rings. The number of hydrogen-bond acceptors (Lipinski definition) is 4. The lowest BCUT2D eigenvalue weighted by atomic mass is 10.0. The number of carbonyl (C=O) groups excluding carboxylic acids is 1. The number of benzene rings is 2. The van der Waals surface area contributed by atoms with Gasteiger partial charge in [0.05, 0.1) is 6.61 Å². The molecule has 0 fully saturated rings. The van der Waals surface area contributed by atoms with Gasteiger partial charge in [-0.05, 0) is 35.9 Å². The Morgan fingerprint density at radius 3 is 2.45 bits per heavy atom. The normalized spacial score (nSPS) is 14.0. The van der Waals surface area contributed by atoms with Gasteiger partial charge in [0.1, 0.15) is 0 Å². The van der Waals surface area contributed by atoms with Gasteiger partial charge in [-0.15, -0.1) is 0 Å². The molecular weight excluding hydrogens is 380 g/mol. The van der Waals surface area contributed by atoms with Crippen LogP contribution in [0.3, 0.4) is 0 Å². The zero-order chi connectivity index (χ0) is 15.7. The molecule has 5 heteroatoms. The van der Waals surface area contributed by atoms with E-state index in [-0.39, 0.29) is 11.9 Å². The highest BCUT2D eigenvalue weighted by Crippen LogP contribution is 2.49. The van der Waals surface area contributed by atoms with E-state index in [9.17, 15) is 4.79 Å². The average Bonchev–Trinajstić information content (AvgIpc) is 2.50. The van der Waals surface area contributed by atoms with Crippen molar-refractivity contribution in [2.24, 2.45) is 0 Å². The van der Waals surface area contributed by atoms with E-state index in [1.807, 2.05) is 0 Å². The number of esters is 1. The summed E-state index contributed by atoms with van der Waals surface area (Å²) < 4.78 is 6.22. The first-order valence-corrected chi connectivity index (χ1v) is 9.38. The first-order chi connectivity index (χ1) is 10.5. The molecule has 1 unspecified atom stereocenters. The van der Waals surface area contributed by atoms with Crippen molar-refractivity contribution >= 4 is 45.4 Å². The van der Waals surface area contributed by atoms with Crippen LogP contribution in [-0.4, -0.2) is 12.6 Å². The minimum atomic E-state index is -0.228. The first kappa shape index (κ1) is 16.0. The summed E-state index contributed by atoms with van der Waals surface area (Å²) in [6.07, 6.45) is 0. The molecule has 114 valence electrons. The van der Waals surface area contributed by atoms with Crippen LogP contribution in [0.5, 0.6) is 0 Å². The Labute approximate surface area is 147 Å². The van der Waals surface area contributed by atoms with Gasteiger partial charge >= 0.3 is 5.97 Å². The van der Waals surface area contributed by atoms with Crippen LogP contribution >= 0.6 is 39.5 Å². The number of rotatable bonds is 3. The van der Waals surface area contributed by atoms with E-state index in [1.54, 1.807) is 23.5 Å². The topological polar surface area (TPSA) is 26.3 Å². The van der Waals surface area contributed by atoms with Gasteiger partial charge in [-0.25, -0.2) is 0 Å². The fraction of sp³-hybridized carbons (Fsp3) is 0.235. The minimum Gasteiger partial charge on any atom is -0.465 e. The largest absolute Gasteiger partial charge is 0.465 e. The number of hydrogen-bond donors (Lipinski definition) is 0. The maximum atomic E-state index is 10.9. The van der Waals surface area contributed by atoms with Gasteiger partial charge in [0, 0.05) is 36.9 Å². The summed E-state index contributed by atoms with van der Waals surface area (Å²) in [5, 5.41) is 0. The zero-order valence-corrected chi connectivity index (χ0v) is 15.5. The van der Waals surface area contributed by atoms with Crippen LogP contribution in [0.1, 0.15) is 25.3 Å². The van der Waals surface area contributed by atoms with Gasteiger partial charge in [0.15, 0.2) is 0 Å². The molecule has 0 aromatic heterocycles. The van der Waals surface area contributed by atoms with Crippen molar-refractivity contribution in [3.8, 4) is 0 Å². The minimum absolute atomic E-state index is 0.198. The predicted octanol–water partition coefficient (Wildman–Crippen LogP) is 5.73. The highest BCUT2D eigenvalue weighted by atomic mass is 79.9. The molecule has 0 spiro atoms. The Morgan fingerprint density at radius 2 is 1.73 bits per heavy atom. The molecular formula is C17H15BrO2S2. The van der Waals surface area contributed by atoms with Crippen molar-refractivity contribution in [3.63, 3.8) is 0 Å². The Morgan fingerprint density at radius 1 is 1.09 bits per heavy atom. The van der Waals surface area contributed by atoms with Gasteiger partial charge in [0.2, 0.25) is 0 Å². The molecule has 1 aliphatic heterocycles. The third-order valence-corrected chi connectivity index (χ3v) is 6.44. The monoisotopic (exact) mass is 394 g/mol.